The molecule has 0 saturated heterocycles. The van der Waals surface area contributed by atoms with Gasteiger partial charge < -0.3 is 0 Å². The maximum absolute atomic E-state index is 2.25. The van der Waals surface area contributed by atoms with Gasteiger partial charge in [0.15, 0.2) is 0 Å². The zero-order chi connectivity index (χ0) is 9.10. The molecule has 0 N–H and O–H groups in total. The van der Waals surface area contributed by atoms with Crippen molar-refractivity contribution in [1.29, 1.82) is 0 Å². The average Bonchev–Trinajstić information content (AvgIpc) is 2.19. The Bertz CT molecular complexity index is 401. The highest BCUT2D eigenvalue weighted by Gasteiger charge is 1.97. The predicted octanol–water partition coefficient (Wildman–Crippen LogP) is 3.65. The van der Waals surface area contributed by atoms with Crippen molar-refractivity contribution < 1.29 is 0 Å². The van der Waals surface area contributed by atoms with Gasteiger partial charge in [-0.05, 0) is 29.2 Å². The molecule has 2 aromatic carbocycles. The number of rotatable bonds is 2. The molecule has 0 radical (unpaired) electrons. The predicted molar refractivity (Wildman–Crippen MR) is 61.9 cm³/mol. The van der Waals surface area contributed by atoms with E-state index in [1.165, 1.54) is 22.5 Å². The van der Waals surface area contributed by atoms with Crippen molar-refractivity contribution in [1.82, 2.24) is 0 Å². The first-order valence-corrected chi connectivity index (χ1v) is 6.24. The monoisotopic (exact) mass is 188 g/mol. The summed E-state index contributed by atoms with van der Waals surface area (Å²) in [7, 11) is 0.999. The fraction of sp³-hybridized carbons (Fsp3) is 0.167. The molecule has 66 valence electrons. The van der Waals surface area contributed by atoms with Gasteiger partial charge in [0.25, 0.3) is 0 Å². The highest BCUT2D eigenvalue weighted by atomic mass is 31.1. The van der Waals surface area contributed by atoms with Crippen molar-refractivity contribution in [2.24, 2.45) is 0 Å². The highest BCUT2D eigenvalue weighted by Crippen LogP contribution is 2.23. The summed E-state index contributed by atoms with van der Waals surface area (Å²) in [6.45, 7) is 2.25. The summed E-state index contributed by atoms with van der Waals surface area (Å²) in [4.78, 5) is 0. The van der Waals surface area contributed by atoms with Gasteiger partial charge >= 0.3 is 0 Å². The fourth-order valence-electron chi connectivity index (χ4n) is 1.64. The van der Waals surface area contributed by atoms with Crippen LogP contribution in [0.2, 0.25) is 0 Å². The largest absolute Gasteiger partial charge is 0.121 e. The van der Waals surface area contributed by atoms with Crippen molar-refractivity contribution in [3.8, 4) is 0 Å². The Labute approximate surface area is 80.8 Å². The van der Waals surface area contributed by atoms with Gasteiger partial charge in [-0.3, -0.25) is 0 Å². The summed E-state index contributed by atoms with van der Waals surface area (Å²) in [5.41, 5.74) is 1.49. The summed E-state index contributed by atoms with van der Waals surface area (Å²) in [5, 5.41) is 2.78. The molecule has 0 amide bonds. The Morgan fingerprint density at radius 3 is 2.62 bits per heavy atom. The van der Waals surface area contributed by atoms with Gasteiger partial charge in [0.1, 0.15) is 0 Å². The van der Waals surface area contributed by atoms with Crippen LogP contribution in [-0.4, -0.2) is 6.66 Å². The van der Waals surface area contributed by atoms with E-state index >= 15 is 0 Å². The molecule has 2 aromatic rings. The fourth-order valence-corrected chi connectivity index (χ4v) is 2.33. The molecule has 2 rings (SSSR count). The molecule has 0 heterocycles. The molecule has 0 bridgehead atoms. The smallest absolute Gasteiger partial charge is 0.00969 e. The van der Waals surface area contributed by atoms with Crippen LogP contribution in [0.15, 0.2) is 42.5 Å². The van der Waals surface area contributed by atoms with E-state index in [4.69, 9.17) is 0 Å². The third-order valence-electron chi connectivity index (χ3n) is 2.25. The molecule has 0 fully saturated rings. The highest BCUT2D eigenvalue weighted by molar-refractivity contribution is 7.36. The van der Waals surface area contributed by atoms with Crippen molar-refractivity contribution in [2.75, 3.05) is 6.66 Å². The van der Waals surface area contributed by atoms with Gasteiger partial charge in [-0.1, -0.05) is 42.5 Å². The van der Waals surface area contributed by atoms with E-state index < -0.39 is 0 Å². The van der Waals surface area contributed by atoms with Crippen LogP contribution in [0.4, 0.5) is 0 Å². The molecule has 0 aliphatic carbocycles. The Morgan fingerprint density at radius 1 is 1.00 bits per heavy atom. The van der Waals surface area contributed by atoms with Gasteiger partial charge in [-0.15, -0.1) is 8.58 Å². The third kappa shape index (κ3) is 1.73. The van der Waals surface area contributed by atoms with Gasteiger partial charge in [0.2, 0.25) is 0 Å². The maximum Gasteiger partial charge on any atom is -0.00969 e. The lowest BCUT2D eigenvalue weighted by Gasteiger charge is -2.04. The SMILES string of the molecule is CPCc1cccc2ccccc12. The molecule has 1 heteroatoms. The first-order chi connectivity index (χ1) is 6.42. The second kappa shape index (κ2) is 3.89. The van der Waals surface area contributed by atoms with Gasteiger partial charge in [0, 0.05) is 0 Å². The number of hydrogen-bond acceptors (Lipinski definition) is 0. The molecule has 1 unspecified atom stereocenters. The molecule has 0 spiro atoms. The van der Waals surface area contributed by atoms with E-state index in [1.54, 1.807) is 0 Å². The van der Waals surface area contributed by atoms with E-state index in [0.29, 0.717) is 0 Å². The lowest BCUT2D eigenvalue weighted by molar-refractivity contribution is 1.46. The van der Waals surface area contributed by atoms with Crippen LogP contribution in [0.3, 0.4) is 0 Å². The summed E-state index contributed by atoms with van der Waals surface area (Å²) in [6.07, 6.45) is 1.21. The summed E-state index contributed by atoms with van der Waals surface area (Å²) >= 11 is 0. The van der Waals surface area contributed by atoms with Crippen molar-refractivity contribution in [3.63, 3.8) is 0 Å². The molecule has 0 nitrogen and oxygen atoms in total. The lowest BCUT2D eigenvalue weighted by atomic mass is 10.1. The standard InChI is InChI=1S/C12H13P/c1-13-9-11-7-4-6-10-5-2-3-8-12(10)11/h2-8,13H,9H2,1H3. The van der Waals surface area contributed by atoms with E-state index in [0.717, 1.165) is 8.58 Å². The zero-order valence-electron chi connectivity index (χ0n) is 7.75. The Kier molecular flexibility index (Phi) is 2.61. The first kappa shape index (κ1) is 8.72. The molecular weight excluding hydrogens is 175 g/mol. The zero-order valence-corrected chi connectivity index (χ0v) is 8.75. The molecular formula is C12H13P. The van der Waals surface area contributed by atoms with Crippen molar-refractivity contribution >= 4 is 19.4 Å². The number of benzene rings is 2. The van der Waals surface area contributed by atoms with Crippen molar-refractivity contribution in [2.45, 2.75) is 6.16 Å². The Balaban J connectivity index is 2.61. The minimum atomic E-state index is 0.999. The molecule has 13 heavy (non-hydrogen) atoms. The van der Waals surface area contributed by atoms with Crippen LogP contribution in [-0.2, 0) is 6.16 Å². The number of fused-ring (bicyclic) bond motifs is 1. The quantitative estimate of drug-likeness (QED) is 0.631. The molecule has 0 aliphatic heterocycles. The minimum Gasteiger partial charge on any atom is -0.121 e. The topological polar surface area (TPSA) is 0 Å². The number of hydrogen-bond donors (Lipinski definition) is 0. The minimum absolute atomic E-state index is 0.999. The van der Waals surface area contributed by atoms with Gasteiger partial charge in [-0.25, -0.2) is 0 Å². The third-order valence-corrected chi connectivity index (χ3v) is 2.98. The van der Waals surface area contributed by atoms with Crippen LogP contribution in [0.5, 0.6) is 0 Å². The van der Waals surface area contributed by atoms with Crippen LogP contribution >= 0.6 is 8.58 Å². The van der Waals surface area contributed by atoms with Crippen molar-refractivity contribution in [3.05, 3.63) is 48.0 Å². The summed E-state index contributed by atoms with van der Waals surface area (Å²) < 4.78 is 0. The van der Waals surface area contributed by atoms with Crippen LogP contribution < -0.4 is 0 Å². The maximum atomic E-state index is 2.25. The molecule has 0 saturated carbocycles. The second-order valence-electron chi connectivity index (χ2n) is 3.17. The molecule has 0 aromatic heterocycles. The Hall–Kier alpha value is -0.870. The lowest BCUT2D eigenvalue weighted by Crippen LogP contribution is -1.81. The average molecular weight is 188 g/mol. The van der Waals surface area contributed by atoms with Crippen LogP contribution in [0.25, 0.3) is 10.8 Å². The summed E-state index contributed by atoms with van der Waals surface area (Å²) in [5.74, 6) is 0. The first-order valence-electron chi connectivity index (χ1n) is 4.53. The van der Waals surface area contributed by atoms with E-state index in [-0.39, 0.29) is 0 Å². The summed E-state index contributed by atoms with van der Waals surface area (Å²) in [6, 6.07) is 15.2. The van der Waals surface area contributed by atoms with Gasteiger partial charge in [0.05, 0.1) is 0 Å². The van der Waals surface area contributed by atoms with E-state index in [2.05, 4.69) is 49.1 Å². The Morgan fingerprint density at radius 2 is 1.77 bits per heavy atom. The van der Waals surface area contributed by atoms with Gasteiger partial charge in [-0.2, -0.15) is 0 Å². The van der Waals surface area contributed by atoms with E-state index in [9.17, 15) is 0 Å². The van der Waals surface area contributed by atoms with Crippen LogP contribution in [0, 0.1) is 0 Å². The van der Waals surface area contributed by atoms with Crippen LogP contribution in [0.1, 0.15) is 5.56 Å². The molecule has 1 atom stereocenters. The normalized spacial score (nSPS) is 11.5. The molecule has 0 aliphatic rings. The second-order valence-corrected chi connectivity index (χ2v) is 4.23. The van der Waals surface area contributed by atoms with E-state index in [1.807, 2.05) is 0 Å².